The lowest BCUT2D eigenvalue weighted by molar-refractivity contribution is 0.795. The molecule has 2 heterocycles. The van der Waals surface area contributed by atoms with Gasteiger partial charge in [0.2, 0.25) is 0 Å². The van der Waals surface area contributed by atoms with Crippen LogP contribution < -0.4 is 5.32 Å². The molecular formula is C15H16ClN5. The molecule has 0 saturated heterocycles. The topological polar surface area (TPSA) is 55.1 Å². The van der Waals surface area contributed by atoms with Gasteiger partial charge in [-0.25, -0.2) is 0 Å². The van der Waals surface area contributed by atoms with Crippen molar-refractivity contribution in [2.75, 3.05) is 5.32 Å². The molecular weight excluding hydrogens is 286 g/mol. The van der Waals surface area contributed by atoms with Crippen molar-refractivity contribution in [1.29, 1.82) is 0 Å². The first-order valence-electron chi connectivity index (χ1n) is 6.98. The normalized spacial score (nSPS) is 11.0. The second-order valence-electron chi connectivity index (χ2n) is 4.86. The third-order valence-corrected chi connectivity index (χ3v) is 3.46. The highest BCUT2D eigenvalue weighted by Gasteiger charge is 2.06. The monoisotopic (exact) mass is 301 g/mol. The van der Waals surface area contributed by atoms with Crippen molar-refractivity contribution in [3.05, 3.63) is 47.4 Å². The average Bonchev–Trinajstić information content (AvgIpc) is 2.95. The number of rotatable bonds is 5. The molecule has 0 radical (unpaired) electrons. The molecule has 0 atom stereocenters. The van der Waals surface area contributed by atoms with Crippen molar-refractivity contribution in [3.63, 3.8) is 0 Å². The summed E-state index contributed by atoms with van der Waals surface area (Å²) in [5.41, 5.74) is 2.33. The van der Waals surface area contributed by atoms with Crippen LogP contribution in [0.3, 0.4) is 0 Å². The van der Waals surface area contributed by atoms with Gasteiger partial charge in [-0.15, -0.1) is 0 Å². The van der Waals surface area contributed by atoms with Crippen LogP contribution in [0.5, 0.6) is 0 Å². The van der Waals surface area contributed by atoms with Crippen molar-refractivity contribution in [3.8, 4) is 0 Å². The first-order chi connectivity index (χ1) is 10.3. The minimum absolute atomic E-state index is 0.387. The van der Waals surface area contributed by atoms with Gasteiger partial charge in [0.25, 0.3) is 5.78 Å². The number of aromatic nitrogens is 4. The van der Waals surface area contributed by atoms with Crippen LogP contribution in [0.25, 0.3) is 5.78 Å². The molecule has 0 fully saturated rings. The molecule has 1 N–H and O–H groups in total. The largest absolute Gasteiger partial charge is 0.340 e. The molecule has 0 saturated carbocycles. The minimum Gasteiger partial charge on any atom is -0.340 e. The third-order valence-electron chi connectivity index (χ3n) is 3.27. The van der Waals surface area contributed by atoms with E-state index in [-0.39, 0.29) is 0 Å². The Labute approximate surface area is 128 Å². The molecule has 6 heteroatoms. The maximum absolute atomic E-state index is 6.00. The summed E-state index contributed by atoms with van der Waals surface area (Å²) in [6, 6.07) is 10.1. The number of unbranched alkanes of at least 4 members (excludes halogenated alkanes) is 1. The van der Waals surface area contributed by atoms with Crippen molar-refractivity contribution in [2.24, 2.45) is 0 Å². The number of nitrogens with one attached hydrogen (secondary N) is 1. The number of hydrogen-bond acceptors (Lipinski definition) is 4. The van der Waals surface area contributed by atoms with Gasteiger partial charge in [-0.1, -0.05) is 37.1 Å². The Morgan fingerprint density at radius 2 is 2.05 bits per heavy atom. The first kappa shape index (κ1) is 13.8. The zero-order valence-electron chi connectivity index (χ0n) is 11.8. The standard InChI is InChI=1S/C15H16ClN5/c1-2-3-4-11-5-7-12(8-6-11)19-14-9-13(16)20-15-17-10-18-21(14)15/h5-10,19H,2-4H2,1H3. The van der Waals surface area contributed by atoms with E-state index in [1.807, 2.05) is 0 Å². The fourth-order valence-corrected chi connectivity index (χ4v) is 2.33. The van der Waals surface area contributed by atoms with Crippen molar-refractivity contribution in [2.45, 2.75) is 26.2 Å². The van der Waals surface area contributed by atoms with Crippen LogP contribution >= 0.6 is 11.6 Å². The van der Waals surface area contributed by atoms with Crippen LogP contribution in [0.2, 0.25) is 5.15 Å². The van der Waals surface area contributed by atoms with E-state index in [2.05, 4.69) is 51.6 Å². The van der Waals surface area contributed by atoms with Gasteiger partial charge in [0.15, 0.2) is 0 Å². The molecule has 0 bridgehead atoms. The van der Waals surface area contributed by atoms with E-state index in [0.717, 1.165) is 17.9 Å². The Morgan fingerprint density at radius 3 is 2.81 bits per heavy atom. The van der Waals surface area contributed by atoms with Gasteiger partial charge >= 0.3 is 0 Å². The fraction of sp³-hybridized carbons (Fsp3) is 0.267. The van der Waals surface area contributed by atoms with Gasteiger partial charge < -0.3 is 5.32 Å². The van der Waals surface area contributed by atoms with Crippen LogP contribution in [-0.2, 0) is 6.42 Å². The van der Waals surface area contributed by atoms with E-state index in [1.165, 1.54) is 24.7 Å². The van der Waals surface area contributed by atoms with Crippen LogP contribution in [0, 0.1) is 0 Å². The van der Waals surface area contributed by atoms with E-state index in [9.17, 15) is 0 Å². The number of benzene rings is 1. The zero-order chi connectivity index (χ0) is 14.7. The number of hydrogen-bond donors (Lipinski definition) is 1. The molecule has 3 aromatic rings. The van der Waals surface area contributed by atoms with Crippen molar-refractivity contribution < 1.29 is 0 Å². The Morgan fingerprint density at radius 1 is 1.24 bits per heavy atom. The summed E-state index contributed by atoms with van der Waals surface area (Å²) in [5, 5.41) is 7.82. The minimum atomic E-state index is 0.387. The molecule has 5 nitrogen and oxygen atoms in total. The van der Waals surface area contributed by atoms with E-state index >= 15 is 0 Å². The fourth-order valence-electron chi connectivity index (χ4n) is 2.16. The Bertz CT molecular complexity index is 735. The lowest BCUT2D eigenvalue weighted by atomic mass is 10.1. The van der Waals surface area contributed by atoms with Crippen molar-refractivity contribution >= 4 is 28.9 Å². The zero-order valence-corrected chi connectivity index (χ0v) is 12.5. The lowest BCUT2D eigenvalue weighted by Gasteiger charge is -2.09. The molecule has 0 spiro atoms. The summed E-state index contributed by atoms with van der Waals surface area (Å²) >= 11 is 6.00. The Hall–Kier alpha value is -2.14. The van der Waals surface area contributed by atoms with Gasteiger partial charge in [-0.05, 0) is 30.5 Å². The van der Waals surface area contributed by atoms with E-state index in [1.54, 1.807) is 10.6 Å². The van der Waals surface area contributed by atoms with E-state index in [4.69, 9.17) is 11.6 Å². The summed E-state index contributed by atoms with van der Waals surface area (Å²) in [7, 11) is 0. The van der Waals surface area contributed by atoms with Gasteiger partial charge in [0, 0.05) is 11.8 Å². The molecule has 0 unspecified atom stereocenters. The molecule has 0 aliphatic carbocycles. The van der Waals surface area contributed by atoms with Gasteiger partial charge in [0.05, 0.1) is 0 Å². The number of aryl methyl sites for hydroxylation is 1. The average molecular weight is 302 g/mol. The van der Waals surface area contributed by atoms with Crippen LogP contribution in [-0.4, -0.2) is 19.6 Å². The van der Waals surface area contributed by atoms with Gasteiger partial charge in [-0.2, -0.15) is 19.6 Å². The predicted molar refractivity (Wildman–Crippen MR) is 84.1 cm³/mol. The second kappa shape index (κ2) is 6.10. The molecule has 21 heavy (non-hydrogen) atoms. The summed E-state index contributed by atoms with van der Waals surface area (Å²) < 4.78 is 1.62. The quantitative estimate of drug-likeness (QED) is 0.727. The number of anilines is 2. The van der Waals surface area contributed by atoms with E-state index < -0.39 is 0 Å². The lowest BCUT2D eigenvalue weighted by Crippen LogP contribution is -2.01. The smallest absolute Gasteiger partial charge is 0.255 e. The SMILES string of the molecule is CCCCc1ccc(Nc2cc(Cl)nc3ncnn23)cc1. The second-order valence-corrected chi connectivity index (χ2v) is 5.25. The molecule has 1 aromatic carbocycles. The van der Waals surface area contributed by atoms with Crippen LogP contribution in [0.1, 0.15) is 25.3 Å². The number of nitrogens with zero attached hydrogens (tertiary/aromatic N) is 4. The predicted octanol–water partition coefficient (Wildman–Crippen LogP) is 3.86. The summed E-state index contributed by atoms with van der Waals surface area (Å²) in [4.78, 5) is 8.15. The third kappa shape index (κ3) is 3.13. The van der Waals surface area contributed by atoms with Crippen molar-refractivity contribution in [1.82, 2.24) is 19.6 Å². The summed E-state index contributed by atoms with van der Waals surface area (Å²) in [6.07, 6.45) is 5.00. The van der Waals surface area contributed by atoms with Gasteiger partial charge in [0.1, 0.15) is 17.3 Å². The van der Waals surface area contributed by atoms with Gasteiger partial charge in [-0.3, -0.25) is 0 Å². The Kier molecular flexibility index (Phi) is 4.01. The molecule has 3 rings (SSSR count). The summed E-state index contributed by atoms with van der Waals surface area (Å²) in [5.74, 6) is 1.22. The first-order valence-corrected chi connectivity index (χ1v) is 7.36. The molecule has 2 aromatic heterocycles. The van der Waals surface area contributed by atoms with Crippen LogP contribution in [0.15, 0.2) is 36.7 Å². The van der Waals surface area contributed by atoms with E-state index in [0.29, 0.717) is 10.9 Å². The maximum atomic E-state index is 6.00. The maximum Gasteiger partial charge on any atom is 0.255 e. The van der Waals surface area contributed by atoms with Crippen LogP contribution in [0.4, 0.5) is 11.5 Å². The highest BCUT2D eigenvalue weighted by molar-refractivity contribution is 6.29. The Balaban J connectivity index is 1.83. The molecule has 0 aliphatic heterocycles. The molecule has 0 aliphatic rings. The molecule has 0 amide bonds. The highest BCUT2D eigenvalue weighted by Crippen LogP contribution is 2.20. The molecule has 108 valence electrons. The number of halogens is 1. The summed E-state index contributed by atoms with van der Waals surface area (Å²) in [6.45, 7) is 2.20. The highest BCUT2D eigenvalue weighted by atomic mass is 35.5. The number of fused-ring (bicyclic) bond motifs is 1.